The first-order valence-electron chi connectivity index (χ1n) is 7.14. The van der Waals surface area contributed by atoms with Crippen LogP contribution in [0.15, 0.2) is 18.2 Å². The third kappa shape index (κ3) is 2.19. The predicted octanol–water partition coefficient (Wildman–Crippen LogP) is 3.97. The van der Waals surface area contributed by atoms with Crippen molar-refractivity contribution in [2.45, 2.75) is 44.5 Å². The Morgan fingerprint density at radius 2 is 1.70 bits per heavy atom. The first-order chi connectivity index (χ1) is 9.57. The minimum atomic E-state index is -3.56. The molecule has 2 fully saturated rings. The van der Waals surface area contributed by atoms with Gasteiger partial charge in [0.15, 0.2) is 11.5 Å². The number of rotatable bonds is 2. The zero-order valence-electron chi connectivity index (χ0n) is 11.0. The van der Waals surface area contributed by atoms with E-state index in [0.717, 1.165) is 24.7 Å². The van der Waals surface area contributed by atoms with Crippen molar-refractivity contribution in [3.8, 4) is 17.2 Å². The van der Waals surface area contributed by atoms with Crippen LogP contribution in [-0.4, -0.2) is 12.4 Å². The summed E-state index contributed by atoms with van der Waals surface area (Å²) in [6.07, 6.45) is 2.71. The zero-order chi connectivity index (χ0) is 13.7. The Balaban J connectivity index is 1.48. The van der Waals surface area contributed by atoms with Crippen molar-refractivity contribution < 1.29 is 23.0 Å². The summed E-state index contributed by atoms with van der Waals surface area (Å²) >= 11 is 0. The quantitative estimate of drug-likeness (QED) is 0.821. The molecular weight excluding hydrogens is 266 g/mol. The van der Waals surface area contributed by atoms with E-state index in [-0.39, 0.29) is 17.6 Å². The highest BCUT2D eigenvalue weighted by atomic mass is 19.3. The molecule has 0 aromatic heterocycles. The van der Waals surface area contributed by atoms with Crippen LogP contribution in [0, 0.1) is 11.8 Å². The maximum absolute atomic E-state index is 13.0. The molecule has 0 amide bonds. The fourth-order valence-electron chi connectivity index (χ4n) is 3.74. The van der Waals surface area contributed by atoms with E-state index in [2.05, 4.69) is 9.47 Å². The van der Waals surface area contributed by atoms with Crippen molar-refractivity contribution in [1.82, 2.24) is 0 Å². The summed E-state index contributed by atoms with van der Waals surface area (Å²) in [5.74, 6) is 2.24. The topological polar surface area (TPSA) is 27.7 Å². The number of hydrogen-bond acceptors (Lipinski definition) is 3. The Morgan fingerprint density at radius 1 is 1.00 bits per heavy atom. The second kappa shape index (κ2) is 4.24. The van der Waals surface area contributed by atoms with Crippen LogP contribution in [0.25, 0.3) is 0 Å². The van der Waals surface area contributed by atoms with Gasteiger partial charge in [0.2, 0.25) is 0 Å². The monoisotopic (exact) mass is 282 g/mol. The second-order valence-electron chi connectivity index (χ2n) is 6.03. The fraction of sp³-hybridized carbons (Fsp3) is 0.600. The van der Waals surface area contributed by atoms with Crippen molar-refractivity contribution in [3.63, 3.8) is 0 Å². The van der Waals surface area contributed by atoms with Gasteiger partial charge in [0, 0.05) is 6.07 Å². The van der Waals surface area contributed by atoms with Gasteiger partial charge in [0.1, 0.15) is 5.75 Å². The molecule has 1 aromatic carbocycles. The number of benzene rings is 1. The highest BCUT2D eigenvalue weighted by Crippen LogP contribution is 2.45. The summed E-state index contributed by atoms with van der Waals surface area (Å²) in [5, 5.41) is 0. The molecule has 0 unspecified atom stereocenters. The van der Waals surface area contributed by atoms with Crippen LogP contribution in [-0.2, 0) is 0 Å². The lowest BCUT2D eigenvalue weighted by molar-refractivity contribution is -0.286. The third-order valence-electron chi connectivity index (χ3n) is 4.52. The summed E-state index contributed by atoms with van der Waals surface area (Å²) in [6, 6.07) is 4.63. The second-order valence-corrected chi connectivity index (χ2v) is 6.03. The molecule has 20 heavy (non-hydrogen) atoms. The van der Waals surface area contributed by atoms with E-state index in [9.17, 15) is 8.78 Å². The van der Waals surface area contributed by atoms with Gasteiger partial charge in [-0.25, -0.2) is 0 Å². The molecule has 108 valence electrons. The van der Waals surface area contributed by atoms with E-state index >= 15 is 0 Å². The van der Waals surface area contributed by atoms with Gasteiger partial charge in [-0.3, -0.25) is 0 Å². The summed E-state index contributed by atoms with van der Waals surface area (Å²) in [6.45, 7) is 0. The van der Waals surface area contributed by atoms with Crippen LogP contribution in [0.2, 0.25) is 0 Å². The Morgan fingerprint density at radius 3 is 2.45 bits per heavy atom. The molecule has 1 aliphatic heterocycles. The van der Waals surface area contributed by atoms with Gasteiger partial charge in [-0.15, -0.1) is 8.78 Å². The lowest BCUT2D eigenvalue weighted by Crippen LogP contribution is -2.26. The van der Waals surface area contributed by atoms with E-state index in [0.29, 0.717) is 5.75 Å². The smallest absolute Gasteiger partial charge is 0.490 e. The predicted molar refractivity (Wildman–Crippen MR) is 67.1 cm³/mol. The standard InChI is InChI=1S/C15H16F2O3/c16-15(17)19-13-4-3-11(8-14(13)20-15)18-12-6-9-1-2-10(5-9)7-12/h3-4,8-10,12H,1-2,5-7H2/t9-,10+,12-. The van der Waals surface area contributed by atoms with Crippen molar-refractivity contribution in [2.24, 2.45) is 11.8 Å². The molecule has 2 bridgehead atoms. The lowest BCUT2D eigenvalue weighted by atomic mass is 9.87. The van der Waals surface area contributed by atoms with E-state index in [1.54, 1.807) is 6.07 Å². The number of fused-ring (bicyclic) bond motifs is 3. The van der Waals surface area contributed by atoms with Crippen LogP contribution in [0.3, 0.4) is 0 Å². The number of hydrogen-bond donors (Lipinski definition) is 0. The van der Waals surface area contributed by atoms with Gasteiger partial charge in [-0.05, 0) is 43.2 Å². The van der Waals surface area contributed by atoms with Gasteiger partial charge in [0.05, 0.1) is 6.10 Å². The number of ether oxygens (including phenoxy) is 3. The molecule has 2 saturated carbocycles. The third-order valence-corrected chi connectivity index (χ3v) is 4.52. The van der Waals surface area contributed by atoms with Crippen molar-refractivity contribution in [2.75, 3.05) is 0 Å². The van der Waals surface area contributed by atoms with Crippen molar-refractivity contribution >= 4 is 0 Å². The molecule has 2 aliphatic carbocycles. The molecule has 0 saturated heterocycles. The molecule has 1 aromatic rings. The Kier molecular flexibility index (Phi) is 2.59. The van der Waals surface area contributed by atoms with E-state index in [1.807, 2.05) is 0 Å². The zero-order valence-corrected chi connectivity index (χ0v) is 11.0. The molecule has 0 radical (unpaired) electrons. The molecule has 0 N–H and O–H groups in total. The highest BCUT2D eigenvalue weighted by Gasteiger charge is 2.43. The van der Waals surface area contributed by atoms with Gasteiger partial charge >= 0.3 is 6.29 Å². The maximum Gasteiger partial charge on any atom is 0.586 e. The summed E-state index contributed by atoms with van der Waals surface area (Å²) in [4.78, 5) is 0. The lowest BCUT2D eigenvalue weighted by Gasteiger charge is -2.28. The van der Waals surface area contributed by atoms with E-state index < -0.39 is 6.29 Å². The Hall–Kier alpha value is -1.52. The summed E-state index contributed by atoms with van der Waals surface area (Å²) in [5.41, 5.74) is 0. The van der Waals surface area contributed by atoms with E-state index in [1.165, 1.54) is 31.4 Å². The van der Waals surface area contributed by atoms with Crippen LogP contribution < -0.4 is 14.2 Å². The first kappa shape index (κ1) is 12.2. The maximum atomic E-state index is 13.0. The normalized spacial score (nSPS) is 33.2. The fourth-order valence-corrected chi connectivity index (χ4v) is 3.74. The van der Waals surface area contributed by atoms with Gasteiger partial charge in [0.25, 0.3) is 0 Å². The largest absolute Gasteiger partial charge is 0.586 e. The molecule has 4 rings (SSSR count). The molecule has 3 aliphatic rings. The highest BCUT2D eigenvalue weighted by molar-refractivity contribution is 5.47. The van der Waals surface area contributed by atoms with Crippen LogP contribution in [0.1, 0.15) is 32.1 Å². The average Bonchev–Trinajstić information content (AvgIpc) is 2.86. The van der Waals surface area contributed by atoms with Crippen LogP contribution in [0.5, 0.6) is 17.2 Å². The number of alkyl halides is 2. The molecule has 3 atom stereocenters. The molecule has 5 heteroatoms. The van der Waals surface area contributed by atoms with Crippen molar-refractivity contribution in [3.05, 3.63) is 18.2 Å². The Bertz CT molecular complexity index is 520. The van der Waals surface area contributed by atoms with Gasteiger partial charge in [-0.2, -0.15) is 0 Å². The first-order valence-corrected chi connectivity index (χ1v) is 7.14. The molecule has 1 heterocycles. The molecular formula is C15H16F2O3. The molecule has 0 spiro atoms. The summed E-state index contributed by atoms with van der Waals surface area (Å²) < 4.78 is 40.7. The minimum Gasteiger partial charge on any atom is -0.490 e. The number of halogens is 2. The average molecular weight is 282 g/mol. The Labute approximate surface area is 115 Å². The van der Waals surface area contributed by atoms with E-state index in [4.69, 9.17) is 4.74 Å². The minimum absolute atomic E-state index is 0.0475. The van der Waals surface area contributed by atoms with Crippen molar-refractivity contribution in [1.29, 1.82) is 0 Å². The van der Waals surface area contributed by atoms with Gasteiger partial charge in [-0.1, -0.05) is 12.8 Å². The molecule has 3 nitrogen and oxygen atoms in total. The van der Waals surface area contributed by atoms with Crippen LogP contribution >= 0.6 is 0 Å². The van der Waals surface area contributed by atoms with Gasteiger partial charge < -0.3 is 14.2 Å². The summed E-state index contributed by atoms with van der Waals surface area (Å²) in [7, 11) is 0. The SMILES string of the molecule is FC1(F)Oc2ccc(O[C@@H]3C[C@@H]4CC[C@@H](C4)C3)cc2O1. The van der Waals surface area contributed by atoms with Crippen LogP contribution in [0.4, 0.5) is 8.78 Å².